The molecule has 0 aromatic heterocycles. The van der Waals surface area contributed by atoms with Crippen molar-refractivity contribution in [2.45, 2.75) is 17.4 Å². The summed E-state index contributed by atoms with van der Waals surface area (Å²) < 4.78 is 0. The number of nitrogens with one attached hydrogen (secondary N) is 3. The van der Waals surface area contributed by atoms with Crippen LogP contribution in [-0.4, -0.2) is 23.6 Å². The van der Waals surface area contributed by atoms with Gasteiger partial charge < -0.3 is 11.1 Å². The molecule has 2 aromatic carbocycles. The van der Waals surface area contributed by atoms with E-state index in [1.807, 2.05) is 6.07 Å². The first-order chi connectivity index (χ1) is 13.3. The number of halogens is 2. The van der Waals surface area contributed by atoms with Crippen LogP contribution in [0.4, 0.5) is 4.79 Å². The van der Waals surface area contributed by atoms with E-state index in [-0.39, 0.29) is 12.2 Å². The van der Waals surface area contributed by atoms with Gasteiger partial charge in [-0.3, -0.25) is 20.4 Å². The van der Waals surface area contributed by atoms with Gasteiger partial charge in [0, 0.05) is 9.92 Å². The molecule has 148 valence electrons. The summed E-state index contributed by atoms with van der Waals surface area (Å²) in [6.45, 7) is 0. The Morgan fingerprint density at radius 1 is 1.00 bits per heavy atom. The number of urea groups is 1. The number of primary amides is 1. The molecule has 0 spiro atoms. The molecule has 7 nitrogen and oxygen atoms in total. The minimum atomic E-state index is -0.750. The number of benzene rings is 2. The smallest absolute Gasteiger partial charge is 0.312 e. The minimum Gasteiger partial charge on any atom is -0.352 e. The number of hydrogen-bond acceptors (Lipinski definition) is 4. The molecular weight excluding hydrogens is 423 g/mol. The topological polar surface area (TPSA) is 113 Å². The van der Waals surface area contributed by atoms with Crippen LogP contribution in [0.3, 0.4) is 0 Å². The molecule has 0 aliphatic carbocycles. The van der Waals surface area contributed by atoms with Gasteiger partial charge in [-0.2, -0.15) is 0 Å². The normalized spacial score (nSPS) is 11.4. The van der Waals surface area contributed by atoms with E-state index in [2.05, 4.69) is 16.2 Å². The van der Waals surface area contributed by atoms with Gasteiger partial charge in [-0.15, -0.1) is 11.8 Å². The molecular formula is C18H18Cl2N4O3S. The Morgan fingerprint density at radius 3 is 2.36 bits per heavy atom. The highest BCUT2D eigenvalue weighted by atomic mass is 35.5. The first kappa shape index (κ1) is 21.9. The quantitative estimate of drug-likeness (QED) is 0.391. The number of hydrazine groups is 1. The number of hydrogen-bond donors (Lipinski definition) is 4. The van der Waals surface area contributed by atoms with Gasteiger partial charge in [-0.1, -0.05) is 53.5 Å². The summed E-state index contributed by atoms with van der Waals surface area (Å²) in [6.07, 6.45) is -0.0967. The van der Waals surface area contributed by atoms with Crippen LogP contribution in [0.15, 0.2) is 53.4 Å². The molecule has 0 bridgehead atoms. The number of nitrogens with two attached hydrogens (primary N) is 1. The van der Waals surface area contributed by atoms with E-state index in [1.54, 1.807) is 42.5 Å². The molecule has 2 rings (SSSR count). The molecule has 0 heterocycles. The lowest BCUT2D eigenvalue weighted by Crippen LogP contribution is -2.44. The number of amides is 4. The molecule has 0 fully saturated rings. The van der Waals surface area contributed by atoms with Crippen LogP contribution >= 0.6 is 35.0 Å². The van der Waals surface area contributed by atoms with Gasteiger partial charge in [-0.25, -0.2) is 4.79 Å². The SMILES string of the molecule is NC(=O)NC(CC(=O)NNC(=O)CSc1cc(Cl)ccc1Cl)c1ccccc1. The fraction of sp³-hybridized carbons (Fsp3) is 0.167. The minimum absolute atomic E-state index is 0.0298. The Kier molecular flexibility index (Phi) is 8.43. The number of thioether (sulfide) groups is 1. The van der Waals surface area contributed by atoms with E-state index in [1.165, 1.54) is 11.8 Å². The summed E-state index contributed by atoms with van der Waals surface area (Å²) >= 11 is 13.1. The summed E-state index contributed by atoms with van der Waals surface area (Å²) in [4.78, 5) is 35.9. The Hall–Kier alpha value is -2.42. The zero-order chi connectivity index (χ0) is 20.5. The largest absolute Gasteiger partial charge is 0.352 e. The van der Waals surface area contributed by atoms with Crippen molar-refractivity contribution in [1.82, 2.24) is 16.2 Å². The Bertz CT molecular complexity index is 852. The van der Waals surface area contributed by atoms with Gasteiger partial charge >= 0.3 is 6.03 Å². The van der Waals surface area contributed by atoms with Gasteiger partial charge in [0.05, 0.1) is 23.2 Å². The monoisotopic (exact) mass is 440 g/mol. The summed E-state index contributed by atoms with van der Waals surface area (Å²) in [5, 5.41) is 3.50. The van der Waals surface area contributed by atoms with Crippen molar-refractivity contribution in [2.75, 3.05) is 5.75 Å². The van der Waals surface area contributed by atoms with Crippen LogP contribution in [0.5, 0.6) is 0 Å². The molecule has 2 aromatic rings. The molecule has 5 N–H and O–H groups in total. The number of carbonyl (C=O) groups is 3. The molecule has 0 aliphatic rings. The first-order valence-electron chi connectivity index (χ1n) is 8.11. The van der Waals surface area contributed by atoms with Crippen molar-refractivity contribution in [2.24, 2.45) is 5.73 Å². The molecule has 10 heteroatoms. The average molecular weight is 441 g/mol. The summed E-state index contributed by atoms with van der Waals surface area (Å²) in [5.41, 5.74) is 10.5. The lowest BCUT2D eigenvalue weighted by molar-refractivity contribution is -0.127. The number of carbonyl (C=O) groups excluding carboxylic acids is 3. The maximum Gasteiger partial charge on any atom is 0.312 e. The van der Waals surface area contributed by atoms with E-state index in [4.69, 9.17) is 28.9 Å². The van der Waals surface area contributed by atoms with E-state index in [0.717, 1.165) is 0 Å². The highest BCUT2D eigenvalue weighted by Crippen LogP contribution is 2.29. The third kappa shape index (κ3) is 7.30. The first-order valence-corrected chi connectivity index (χ1v) is 9.85. The maximum atomic E-state index is 12.1. The van der Waals surface area contributed by atoms with E-state index >= 15 is 0 Å². The van der Waals surface area contributed by atoms with Crippen molar-refractivity contribution in [3.8, 4) is 0 Å². The highest BCUT2D eigenvalue weighted by Gasteiger charge is 2.17. The molecule has 28 heavy (non-hydrogen) atoms. The molecule has 0 saturated carbocycles. The summed E-state index contributed by atoms with van der Waals surface area (Å²) in [7, 11) is 0. The molecule has 1 atom stereocenters. The average Bonchev–Trinajstić information content (AvgIpc) is 2.67. The van der Waals surface area contributed by atoms with Crippen LogP contribution in [0.2, 0.25) is 10.0 Å². The zero-order valence-electron chi connectivity index (χ0n) is 14.6. The van der Waals surface area contributed by atoms with Crippen molar-refractivity contribution >= 4 is 52.8 Å². The molecule has 1 unspecified atom stereocenters. The van der Waals surface area contributed by atoms with E-state index in [0.29, 0.717) is 20.5 Å². The standard InChI is InChI=1S/C18H18Cl2N4O3S/c19-12-6-7-13(20)15(8-12)28-10-17(26)24-23-16(25)9-14(22-18(21)27)11-4-2-1-3-5-11/h1-8,14H,9-10H2,(H,23,25)(H,24,26)(H3,21,22,27). The fourth-order valence-electron chi connectivity index (χ4n) is 2.25. The Labute approximate surface area is 176 Å². The zero-order valence-corrected chi connectivity index (χ0v) is 16.9. The van der Waals surface area contributed by atoms with Crippen molar-refractivity contribution in [1.29, 1.82) is 0 Å². The molecule has 0 radical (unpaired) electrons. The second-order valence-corrected chi connectivity index (χ2v) is 7.50. The molecule has 0 saturated heterocycles. The van der Waals surface area contributed by atoms with E-state index < -0.39 is 23.9 Å². The van der Waals surface area contributed by atoms with Crippen LogP contribution < -0.4 is 21.9 Å². The Morgan fingerprint density at radius 2 is 1.68 bits per heavy atom. The highest BCUT2D eigenvalue weighted by molar-refractivity contribution is 8.00. The lowest BCUT2D eigenvalue weighted by Gasteiger charge is -2.17. The van der Waals surface area contributed by atoms with Crippen LogP contribution in [0.1, 0.15) is 18.0 Å². The van der Waals surface area contributed by atoms with E-state index in [9.17, 15) is 14.4 Å². The third-order valence-corrected chi connectivity index (χ3v) is 5.23. The van der Waals surface area contributed by atoms with Crippen molar-refractivity contribution < 1.29 is 14.4 Å². The van der Waals surface area contributed by atoms with Gasteiger partial charge in [0.2, 0.25) is 11.8 Å². The van der Waals surface area contributed by atoms with Gasteiger partial charge in [0.1, 0.15) is 0 Å². The van der Waals surface area contributed by atoms with Crippen molar-refractivity contribution in [3.63, 3.8) is 0 Å². The number of rotatable bonds is 7. The summed E-state index contributed by atoms with van der Waals surface area (Å²) in [6, 6.07) is 12.5. The van der Waals surface area contributed by atoms with Crippen molar-refractivity contribution in [3.05, 3.63) is 64.1 Å². The summed E-state index contributed by atoms with van der Waals surface area (Å²) in [5.74, 6) is -0.877. The van der Waals surface area contributed by atoms with Crippen LogP contribution in [0.25, 0.3) is 0 Å². The second kappa shape index (κ2) is 10.8. The van der Waals surface area contributed by atoms with Crippen LogP contribution in [-0.2, 0) is 9.59 Å². The van der Waals surface area contributed by atoms with Gasteiger partial charge in [0.25, 0.3) is 0 Å². The van der Waals surface area contributed by atoms with Crippen LogP contribution in [0, 0.1) is 0 Å². The predicted molar refractivity (Wildman–Crippen MR) is 110 cm³/mol. The predicted octanol–water partition coefficient (Wildman–Crippen LogP) is 3.03. The Balaban J connectivity index is 1.83. The van der Waals surface area contributed by atoms with Gasteiger partial charge in [0.15, 0.2) is 0 Å². The maximum absolute atomic E-state index is 12.1. The lowest BCUT2D eigenvalue weighted by atomic mass is 10.0. The third-order valence-electron chi connectivity index (χ3n) is 3.50. The fourth-order valence-corrected chi connectivity index (χ4v) is 3.55. The molecule has 0 aliphatic heterocycles. The van der Waals surface area contributed by atoms with Gasteiger partial charge in [-0.05, 0) is 23.8 Å². The second-order valence-electron chi connectivity index (χ2n) is 5.64. The molecule has 4 amide bonds.